The number of nitrogens with zero attached hydrogens (tertiary/aromatic N) is 1. The van der Waals surface area contributed by atoms with Gasteiger partial charge >= 0.3 is 0 Å². The van der Waals surface area contributed by atoms with Gasteiger partial charge in [-0.05, 0) is 48.2 Å². The summed E-state index contributed by atoms with van der Waals surface area (Å²) >= 11 is 0. The summed E-state index contributed by atoms with van der Waals surface area (Å²) < 4.78 is 37.4. The monoisotopic (exact) mass is 347 g/mol. The van der Waals surface area contributed by atoms with Gasteiger partial charge < -0.3 is 4.90 Å². The fraction of sp³-hybridized carbons (Fsp3) is 0.278. The van der Waals surface area contributed by atoms with E-state index in [0.29, 0.717) is 24.2 Å². The van der Waals surface area contributed by atoms with E-state index in [0.717, 1.165) is 24.7 Å². The molecule has 0 atom stereocenters. The van der Waals surface area contributed by atoms with Crippen LogP contribution in [0.25, 0.3) is 11.1 Å². The molecule has 2 aromatic rings. The van der Waals surface area contributed by atoms with Crippen LogP contribution in [0.1, 0.15) is 19.3 Å². The molecular weight excluding hydrogens is 329 g/mol. The molecule has 4 nitrogen and oxygen atoms in total. The third kappa shape index (κ3) is 3.33. The summed E-state index contributed by atoms with van der Waals surface area (Å²) in [5.41, 5.74) is 1.66. The van der Waals surface area contributed by atoms with Gasteiger partial charge in [0, 0.05) is 19.2 Å². The molecule has 1 fully saturated rings. The van der Waals surface area contributed by atoms with Crippen LogP contribution in [0.4, 0.5) is 10.1 Å². The third-order valence-electron chi connectivity index (χ3n) is 4.18. The number of hydrogen-bond donors (Lipinski definition) is 0. The summed E-state index contributed by atoms with van der Waals surface area (Å²) in [6.45, 7) is 0.540. The molecule has 0 spiro atoms. The summed E-state index contributed by atoms with van der Waals surface area (Å²) in [5, 5.41) is 0. The Balaban J connectivity index is 1.91. The maximum Gasteiger partial charge on any atom is 0.227 e. The van der Waals surface area contributed by atoms with E-state index >= 15 is 0 Å². The second-order valence-corrected chi connectivity index (χ2v) is 7.98. The van der Waals surface area contributed by atoms with Crippen molar-refractivity contribution in [1.82, 2.24) is 0 Å². The number of hydrogen-bond acceptors (Lipinski definition) is 3. The largest absolute Gasteiger partial charge is 0.310 e. The minimum absolute atomic E-state index is 0.0506. The molecule has 24 heavy (non-hydrogen) atoms. The number of carbonyl (C=O) groups excluding carboxylic acids is 1. The fourth-order valence-electron chi connectivity index (χ4n) is 2.86. The Bertz CT molecular complexity index is 876. The molecule has 0 bridgehead atoms. The third-order valence-corrected chi connectivity index (χ3v) is 5.31. The molecule has 0 unspecified atom stereocenters. The summed E-state index contributed by atoms with van der Waals surface area (Å²) in [6, 6.07) is 11.0. The fourth-order valence-corrected chi connectivity index (χ4v) is 3.49. The second kappa shape index (κ2) is 6.36. The van der Waals surface area contributed by atoms with Crippen LogP contribution in [0.3, 0.4) is 0 Å². The zero-order valence-electron chi connectivity index (χ0n) is 13.3. The molecule has 126 valence electrons. The SMILES string of the molecule is CS(=O)(=O)c1ccc(-c2ccc(N3CCCCC3=O)c(F)c2)cc1. The first-order valence-corrected chi connectivity index (χ1v) is 9.66. The molecule has 1 aliphatic rings. The van der Waals surface area contributed by atoms with Gasteiger partial charge in [0.1, 0.15) is 5.82 Å². The predicted octanol–water partition coefficient (Wildman–Crippen LogP) is 3.41. The van der Waals surface area contributed by atoms with E-state index in [4.69, 9.17) is 0 Å². The van der Waals surface area contributed by atoms with Crippen LogP contribution >= 0.6 is 0 Å². The molecule has 0 aliphatic carbocycles. The molecule has 2 aromatic carbocycles. The highest BCUT2D eigenvalue weighted by atomic mass is 32.2. The topological polar surface area (TPSA) is 54.5 Å². The molecule has 0 N–H and O–H groups in total. The molecule has 1 heterocycles. The number of anilines is 1. The van der Waals surface area contributed by atoms with Crippen LogP contribution in [0.2, 0.25) is 0 Å². The summed E-state index contributed by atoms with van der Waals surface area (Å²) in [5.74, 6) is -0.500. The molecule has 1 aliphatic heterocycles. The van der Waals surface area contributed by atoms with Crippen molar-refractivity contribution in [3.63, 3.8) is 0 Å². The Morgan fingerprint density at radius 2 is 1.67 bits per heavy atom. The van der Waals surface area contributed by atoms with Crippen molar-refractivity contribution in [2.24, 2.45) is 0 Å². The lowest BCUT2D eigenvalue weighted by molar-refractivity contribution is -0.119. The van der Waals surface area contributed by atoms with Crippen molar-refractivity contribution < 1.29 is 17.6 Å². The number of benzene rings is 2. The average molecular weight is 347 g/mol. The maximum absolute atomic E-state index is 14.5. The van der Waals surface area contributed by atoms with E-state index in [2.05, 4.69) is 0 Å². The lowest BCUT2D eigenvalue weighted by Gasteiger charge is -2.27. The molecule has 1 amide bonds. The van der Waals surface area contributed by atoms with Crippen molar-refractivity contribution >= 4 is 21.4 Å². The zero-order valence-corrected chi connectivity index (χ0v) is 14.1. The Hall–Kier alpha value is -2.21. The van der Waals surface area contributed by atoms with Crippen LogP contribution in [0, 0.1) is 5.82 Å². The number of rotatable bonds is 3. The maximum atomic E-state index is 14.5. The van der Waals surface area contributed by atoms with E-state index in [1.54, 1.807) is 24.3 Å². The first-order valence-electron chi connectivity index (χ1n) is 7.77. The zero-order chi connectivity index (χ0) is 17.3. The van der Waals surface area contributed by atoms with Crippen molar-refractivity contribution in [1.29, 1.82) is 0 Å². The average Bonchev–Trinajstić information content (AvgIpc) is 2.55. The van der Waals surface area contributed by atoms with Crippen molar-refractivity contribution in [3.8, 4) is 11.1 Å². The highest BCUT2D eigenvalue weighted by Gasteiger charge is 2.22. The molecule has 1 saturated heterocycles. The molecule has 6 heteroatoms. The van der Waals surface area contributed by atoms with Crippen LogP contribution in [-0.2, 0) is 14.6 Å². The van der Waals surface area contributed by atoms with Gasteiger partial charge in [0.15, 0.2) is 9.84 Å². The molecule has 0 aromatic heterocycles. The van der Waals surface area contributed by atoms with E-state index in [1.807, 2.05) is 0 Å². The van der Waals surface area contributed by atoms with Gasteiger partial charge in [-0.25, -0.2) is 12.8 Å². The van der Waals surface area contributed by atoms with Gasteiger partial charge in [-0.1, -0.05) is 18.2 Å². The van der Waals surface area contributed by atoms with Crippen LogP contribution in [0.15, 0.2) is 47.4 Å². The highest BCUT2D eigenvalue weighted by Crippen LogP contribution is 2.29. The predicted molar refractivity (Wildman–Crippen MR) is 91.1 cm³/mol. The quantitative estimate of drug-likeness (QED) is 0.855. The van der Waals surface area contributed by atoms with Crippen molar-refractivity contribution in [3.05, 3.63) is 48.3 Å². The lowest BCUT2D eigenvalue weighted by atomic mass is 10.0. The number of sulfone groups is 1. The first kappa shape index (κ1) is 16.6. The van der Waals surface area contributed by atoms with Gasteiger partial charge in [0.05, 0.1) is 10.6 Å². The molecular formula is C18H18FNO3S. The smallest absolute Gasteiger partial charge is 0.227 e. The second-order valence-electron chi connectivity index (χ2n) is 5.97. The molecule has 3 rings (SSSR count). The Morgan fingerprint density at radius 1 is 1.00 bits per heavy atom. The van der Waals surface area contributed by atoms with Crippen molar-refractivity contribution in [2.45, 2.75) is 24.2 Å². The molecule has 0 radical (unpaired) electrons. The van der Waals surface area contributed by atoms with Gasteiger partial charge in [0.25, 0.3) is 0 Å². The van der Waals surface area contributed by atoms with Gasteiger partial charge in [-0.3, -0.25) is 4.79 Å². The van der Waals surface area contributed by atoms with E-state index in [-0.39, 0.29) is 10.8 Å². The van der Waals surface area contributed by atoms with Gasteiger partial charge in [-0.2, -0.15) is 0 Å². The Morgan fingerprint density at radius 3 is 2.25 bits per heavy atom. The standard InChI is InChI=1S/C18H18FNO3S/c1-24(22,23)15-8-5-13(6-9-15)14-7-10-17(16(19)12-14)20-11-3-2-4-18(20)21/h5-10,12H,2-4,11H2,1H3. The van der Waals surface area contributed by atoms with E-state index in [9.17, 15) is 17.6 Å². The van der Waals surface area contributed by atoms with Crippen LogP contribution < -0.4 is 4.90 Å². The van der Waals surface area contributed by atoms with Gasteiger partial charge in [0.2, 0.25) is 5.91 Å². The lowest BCUT2D eigenvalue weighted by Crippen LogP contribution is -2.35. The summed E-state index contributed by atoms with van der Waals surface area (Å²) in [6.07, 6.45) is 3.32. The minimum atomic E-state index is -3.26. The Kier molecular flexibility index (Phi) is 4.41. The highest BCUT2D eigenvalue weighted by molar-refractivity contribution is 7.90. The van der Waals surface area contributed by atoms with Crippen molar-refractivity contribution in [2.75, 3.05) is 17.7 Å². The molecule has 0 saturated carbocycles. The number of amides is 1. The minimum Gasteiger partial charge on any atom is -0.310 e. The number of piperidine rings is 1. The normalized spacial score (nSPS) is 15.6. The van der Waals surface area contributed by atoms with Crippen LogP contribution in [0.5, 0.6) is 0 Å². The number of halogens is 1. The summed E-state index contributed by atoms with van der Waals surface area (Å²) in [4.78, 5) is 13.7. The van der Waals surface area contributed by atoms with Crippen LogP contribution in [-0.4, -0.2) is 27.1 Å². The van der Waals surface area contributed by atoms with E-state index in [1.165, 1.54) is 23.1 Å². The first-order chi connectivity index (χ1) is 11.4. The van der Waals surface area contributed by atoms with E-state index < -0.39 is 15.7 Å². The van der Waals surface area contributed by atoms with Gasteiger partial charge in [-0.15, -0.1) is 0 Å². The Labute approximate surface area is 140 Å². The number of carbonyl (C=O) groups is 1. The summed E-state index contributed by atoms with van der Waals surface area (Å²) in [7, 11) is -3.26.